The minimum Gasteiger partial charge on any atom is -0.442 e. The Kier molecular flexibility index (Phi) is 4.29. The van der Waals surface area contributed by atoms with Crippen molar-refractivity contribution >= 4 is 17.7 Å². The lowest BCUT2D eigenvalue weighted by Gasteiger charge is -2.16. The number of benzene rings is 1. The molecule has 0 bridgehead atoms. The normalized spacial score (nSPS) is 21.0. The Bertz CT molecular complexity index is 588. The molecule has 1 unspecified atom stereocenters. The van der Waals surface area contributed by atoms with Crippen LogP contribution in [0.2, 0.25) is 0 Å². The highest BCUT2D eigenvalue weighted by Crippen LogP contribution is 2.26. The highest BCUT2D eigenvalue weighted by Gasteiger charge is 2.32. The molecule has 118 valence electrons. The largest absolute Gasteiger partial charge is 0.442 e. The van der Waals surface area contributed by atoms with E-state index in [0.29, 0.717) is 13.1 Å². The first kappa shape index (κ1) is 14.8. The summed E-state index contributed by atoms with van der Waals surface area (Å²) in [5, 5.41) is 6.08. The lowest BCUT2D eigenvalue weighted by Crippen LogP contribution is -2.33. The van der Waals surface area contributed by atoms with E-state index in [2.05, 4.69) is 22.8 Å². The van der Waals surface area contributed by atoms with E-state index >= 15 is 0 Å². The highest BCUT2D eigenvalue weighted by atomic mass is 16.6. The molecule has 1 fully saturated rings. The zero-order valence-corrected chi connectivity index (χ0v) is 12.7. The van der Waals surface area contributed by atoms with Crippen LogP contribution in [0.4, 0.5) is 10.5 Å². The van der Waals surface area contributed by atoms with Gasteiger partial charge in [0.1, 0.15) is 6.10 Å². The van der Waals surface area contributed by atoms with Crippen molar-refractivity contribution in [3.63, 3.8) is 0 Å². The molecule has 6 nitrogen and oxygen atoms in total. The molecular formula is C16H21N3O3. The number of hydrogen-bond donors (Lipinski definition) is 2. The van der Waals surface area contributed by atoms with E-state index in [1.807, 2.05) is 6.07 Å². The molecule has 1 aromatic rings. The number of hydrogen-bond acceptors (Lipinski definition) is 4. The Labute approximate surface area is 129 Å². The molecule has 0 aromatic heterocycles. The quantitative estimate of drug-likeness (QED) is 0.880. The van der Waals surface area contributed by atoms with Crippen LogP contribution in [0.1, 0.15) is 24.5 Å². The van der Waals surface area contributed by atoms with E-state index in [4.69, 9.17) is 4.74 Å². The van der Waals surface area contributed by atoms with Crippen molar-refractivity contribution in [3.8, 4) is 0 Å². The van der Waals surface area contributed by atoms with Crippen molar-refractivity contribution < 1.29 is 14.3 Å². The van der Waals surface area contributed by atoms with Crippen molar-refractivity contribution in [2.45, 2.75) is 32.4 Å². The van der Waals surface area contributed by atoms with E-state index < -0.39 is 0 Å². The van der Waals surface area contributed by atoms with Crippen LogP contribution in [0.25, 0.3) is 0 Å². The Morgan fingerprint density at radius 2 is 2.32 bits per heavy atom. The smallest absolute Gasteiger partial charge is 0.414 e. The summed E-state index contributed by atoms with van der Waals surface area (Å²) in [5.41, 5.74) is 3.46. The summed E-state index contributed by atoms with van der Waals surface area (Å²) in [6, 6.07) is 6.13. The van der Waals surface area contributed by atoms with Gasteiger partial charge in [-0.25, -0.2) is 4.79 Å². The Balaban J connectivity index is 1.72. The fourth-order valence-corrected chi connectivity index (χ4v) is 2.91. The molecule has 3 rings (SSSR count). The zero-order valence-electron chi connectivity index (χ0n) is 12.7. The molecule has 2 N–H and O–H groups in total. The number of carbonyl (C=O) groups is 2. The number of carbonyl (C=O) groups excluding carboxylic acids is 2. The maximum Gasteiger partial charge on any atom is 0.414 e. The van der Waals surface area contributed by atoms with Crippen molar-refractivity contribution in [1.82, 2.24) is 10.6 Å². The lowest BCUT2D eigenvalue weighted by molar-refractivity contribution is -0.119. The van der Waals surface area contributed by atoms with Crippen molar-refractivity contribution in [2.24, 2.45) is 0 Å². The first-order chi connectivity index (χ1) is 10.6. The summed E-state index contributed by atoms with van der Waals surface area (Å²) in [7, 11) is 0. The van der Waals surface area contributed by atoms with Crippen LogP contribution in [0, 0.1) is 0 Å². The Morgan fingerprint density at radius 3 is 3.14 bits per heavy atom. The lowest BCUT2D eigenvalue weighted by atomic mass is 10.0. The van der Waals surface area contributed by atoms with Crippen molar-refractivity contribution in [2.75, 3.05) is 24.5 Å². The summed E-state index contributed by atoms with van der Waals surface area (Å²) < 4.78 is 5.31. The third-order valence-corrected chi connectivity index (χ3v) is 4.07. The van der Waals surface area contributed by atoms with E-state index in [-0.39, 0.29) is 18.1 Å². The molecule has 2 heterocycles. The van der Waals surface area contributed by atoms with E-state index in [1.165, 1.54) is 18.1 Å². The van der Waals surface area contributed by atoms with Crippen LogP contribution >= 0.6 is 0 Å². The average Bonchev–Trinajstić information content (AvgIpc) is 2.71. The molecule has 1 aromatic carbocycles. The van der Waals surface area contributed by atoms with Crippen LogP contribution in [0.3, 0.4) is 0 Å². The first-order valence-corrected chi connectivity index (χ1v) is 7.68. The van der Waals surface area contributed by atoms with Crippen LogP contribution in [-0.2, 0) is 22.5 Å². The number of ether oxygens (including phenoxy) is 1. The van der Waals surface area contributed by atoms with Crippen LogP contribution < -0.4 is 15.5 Å². The van der Waals surface area contributed by atoms with Gasteiger partial charge >= 0.3 is 6.09 Å². The SMILES string of the molecule is CC(=O)NCC1CN(c2ccc3c(c2)CCCNC3)C(=O)O1. The maximum atomic E-state index is 12.0. The topological polar surface area (TPSA) is 70.7 Å². The summed E-state index contributed by atoms with van der Waals surface area (Å²) in [6.45, 7) is 4.18. The van der Waals surface area contributed by atoms with Gasteiger partial charge < -0.3 is 15.4 Å². The molecule has 1 saturated heterocycles. The van der Waals surface area contributed by atoms with Crippen molar-refractivity contribution in [1.29, 1.82) is 0 Å². The van der Waals surface area contributed by atoms with Gasteiger partial charge in [-0.3, -0.25) is 9.69 Å². The standard InChI is InChI=1S/C16H21N3O3/c1-11(20)18-9-15-10-19(16(21)22-15)14-5-4-13-8-17-6-2-3-12(13)7-14/h4-5,7,15,17H,2-3,6,8-10H2,1H3,(H,18,20). The molecule has 2 amide bonds. The van der Waals surface area contributed by atoms with E-state index in [1.54, 1.807) is 4.90 Å². The fraction of sp³-hybridized carbons (Fsp3) is 0.500. The molecule has 6 heteroatoms. The number of aryl methyl sites for hydroxylation is 1. The number of fused-ring (bicyclic) bond motifs is 1. The molecule has 22 heavy (non-hydrogen) atoms. The van der Waals surface area contributed by atoms with Gasteiger partial charge in [-0.2, -0.15) is 0 Å². The highest BCUT2D eigenvalue weighted by molar-refractivity contribution is 5.90. The number of rotatable bonds is 3. The van der Waals surface area contributed by atoms with Gasteiger partial charge in [-0.15, -0.1) is 0 Å². The summed E-state index contributed by atoms with van der Waals surface area (Å²) in [4.78, 5) is 24.6. The first-order valence-electron chi connectivity index (χ1n) is 7.68. The molecule has 0 aliphatic carbocycles. The summed E-state index contributed by atoms with van der Waals surface area (Å²) >= 11 is 0. The Morgan fingerprint density at radius 1 is 1.45 bits per heavy atom. The van der Waals surface area contributed by atoms with E-state index in [9.17, 15) is 9.59 Å². The second-order valence-corrected chi connectivity index (χ2v) is 5.79. The molecular weight excluding hydrogens is 282 g/mol. The van der Waals surface area contributed by atoms with E-state index in [0.717, 1.165) is 31.6 Å². The van der Waals surface area contributed by atoms with Gasteiger partial charge in [0.15, 0.2) is 0 Å². The number of cyclic esters (lactones) is 1. The summed E-state index contributed by atoms with van der Waals surface area (Å²) in [6.07, 6.45) is 1.49. The number of nitrogens with one attached hydrogen (secondary N) is 2. The van der Waals surface area contributed by atoms with Gasteiger partial charge in [-0.05, 0) is 42.6 Å². The molecule has 0 radical (unpaired) electrons. The molecule has 0 spiro atoms. The second-order valence-electron chi connectivity index (χ2n) is 5.79. The van der Waals surface area contributed by atoms with Crippen LogP contribution in [0.15, 0.2) is 18.2 Å². The number of anilines is 1. The third-order valence-electron chi connectivity index (χ3n) is 4.07. The van der Waals surface area contributed by atoms with Gasteiger partial charge in [0.05, 0.1) is 13.1 Å². The molecule has 2 aliphatic heterocycles. The monoisotopic (exact) mass is 303 g/mol. The van der Waals surface area contributed by atoms with Crippen LogP contribution in [0.5, 0.6) is 0 Å². The third kappa shape index (κ3) is 3.22. The Hall–Kier alpha value is -2.08. The number of amides is 2. The minimum atomic E-state index is -0.345. The molecule has 0 saturated carbocycles. The summed E-state index contributed by atoms with van der Waals surface area (Å²) in [5.74, 6) is -0.118. The van der Waals surface area contributed by atoms with Gasteiger partial charge in [0.25, 0.3) is 0 Å². The van der Waals surface area contributed by atoms with Gasteiger partial charge in [0.2, 0.25) is 5.91 Å². The second kappa shape index (κ2) is 6.36. The number of nitrogens with zero attached hydrogens (tertiary/aromatic N) is 1. The van der Waals surface area contributed by atoms with Crippen molar-refractivity contribution in [3.05, 3.63) is 29.3 Å². The molecule has 2 aliphatic rings. The predicted molar refractivity (Wildman–Crippen MR) is 82.8 cm³/mol. The predicted octanol–water partition coefficient (Wildman–Crippen LogP) is 1.18. The zero-order chi connectivity index (χ0) is 15.5. The van der Waals surface area contributed by atoms with Crippen LogP contribution in [-0.4, -0.2) is 37.7 Å². The maximum absolute atomic E-state index is 12.0. The fourth-order valence-electron chi connectivity index (χ4n) is 2.91. The minimum absolute atomic E-state index is 0.118. The molecule has 1 atom stereocenters. The van der Waals surface area contributed by atoms with Gasteiger partial charge in [0, 0.05) is 19.2 Å². The average molecular weight is 303 g/mol. The van der Waals surface area contributed by atoms with Gasteiger partial charge in [-0.1, -0.05) is 6.07 Å².